The molecule has 0 rings (SSSR count). The van der Waals surface area contributed by atoms with E-state index in [-0.39, 0.29) is 43.9 Å². The van der Waals surface area contributed by atoms with E-state index in [0.29, 0.717) is 0 Å². The molecule has 5 heteroatoms. The minimum Gasteiger partial charge on any atom is -0.412 e. The van der Waals surface area contributed by atoms with Crippen molar-refractivity contribution in [2.75, 3.05) is 19.8 Å². The van der Waals surface area contributed by atoms with E-state index in [1.165, 1.54) is 0 Å². The Labute approximate surface area is 80.4 Å². The number of aliphatic hydroxyl groups is 3. The van der Waals surface area contributed by atoms with Crippen molar-refractivity contribution < 1.29 is 39.4 Å². The van der Waals surface area contributed by atoms with Crippen molar-refractivity contribution in [3.63, 3.8) is 0 Å². The van der Waals surface area contributed by atoms with Crippen molar-refractivity contribution in [3.8, 4) is 0 Å². The van der Waals surface area contributed by atoms with E-state index in [9.17, 15) is 0 Å². The maximum absolute atomic E-state index is 7.57. The summed E-state index contributed by atoms with van der Waals surface area (Å²) in [5.41, 5.74) is 0. The Kier molecular flexibility index (Phi) is 216. The molecule has 0 spiro atoms. The zero-order valence-corrected chi connectivity index (χ0v) is 8.81. The molecule has 0 aliphatic rings. The molecule has 0 amide bonds. The van der Waals surface area contributed by atoms with Crippen LogP contribution in [0.3, 0.4) is 0 Å². The van der Waals surface area contributed by atoms with Crippen molar-refractivity contribution in [1.82, 2.24) is 0 Å². The molecule has 73 valence electrons. The SMILES string of the molecule is CCO.CCO.CCO.O.[V]. The molecule has 0 saturated carbocycles. The molecule has 0 heterocycles. The van der Waals surface area contributed by atoms with Crippen LogP contribution in [0.15, 0.2) is 0 Å². The largest absolute Gasteiger partial charge is 0.412 e. The summed E-state index contributed by atoms with van der Waals surface area (Å²) in [5, 5.41) is 22.7. The summed E-state index contributed by atoms with van der Waals surface area (Å²) in [6.45, 7) is 5.79. The monoisotopic (exact) mass is 207 g/mol. The average molecular weight is 207 g/mol. The van der Waals surface area contributed by atoms with Gasteiger partial charge in [-0.25, -0.2) is 0 Å². The zero-order valence-electron chi connectivity index (χ0n) is 7.41. The summed E-state index contributed by atoms with van der Waals surface area (Å²) in [6, 6.07) is 0. The van der Waals surface area contributed by atoms with Gasteiger partial charge in [0.1, 0.15) is 0 Å². The second-order valence-corrected chi connectivity index (χ2v) is 0.949. The Morgan fingerprint density at radius 3 is 0.727 bits per heavy atom. The normalized spacial score (nSPS) is 4.91. The van der Waals surface area contributed by atoms with Gasteiger partial charge in [-0.3, -0.25) is 0 Å². The van der Waals surface area contributed by atoms with E-state index in [1.54, 1.807) is 20.8 Å². The third-order valence-electron chi connectivity index (χ3n) is 0. The topological polar surface area (TPSA) is 92.2 Å². The molecule has 4 nitrogen and oxygen atoms in total. The van der Waals surface area contributed by atoms with Crippen LogP contribution in [0.1, 0.15) is 20.8 Å². The first-order valence-electron chi connectivity index (χ1n) is 3.07. The molecule has 0 aliphatic heterocycles. The van der Waals surface area contributed by atoms with Crippen LogP contribution < -0.4 is 0 Å². The first-order valence-corrected chi connectivity index (χ1v) is 3.07. The maximum atomic E-state index is 7.57. The van der Waals surface area contributed by atoms with Gasteiger partial charge in [-0.1, -0.05) is 0 Å². The Morgan fingerprint density at radius 2 is 0.727 bits per heavy atom. The van der Waals surface area contributed by atoms with Gasteiger partial charge in [-0.05, 0) is 20.8 Å². The predicted octanol–water partition coefficient (Wildman–Crippen LogP) is -0.831. The summed E-state index contributed by atoms with van der Waals surface area (Å²) in [4.78, 5) is 0. The third-order valence-corrected chi connectivity index (χ3v) is 0. The van der Waals surface area contributed by atoms with Gasteiger partial charge >= 0.3 is 0 Å². The molecule has 0 aromatic heterocycles. The van der Waals surface area contributed by atoms with Crippen LogP contribution in [0.5, 0.6) is 0 Å². The number of rotatable bonds is 0. The van der Waals surface area contributed by atoms with E-state index in [4.69, 9.17) is 15.3 Å². The summed E-state index contributed by atoms with van der Waals surface area (Å²) < 4.78 is 0. The second kappa shape index (κ2) is 79.0. The fraction of sp³-hybridized carbons (Fsp3) is 1.00. The van der Waals surface area contributed by atoms with Crippen molar-refractivity contribution in [3.05, 3.63) is 0 Å². The molecule has 5 N–H and O–H groups in total. The molecule has 1 radical (unpaired) electrons. The van der Waals surface area contributed by atoms with Gasteiger partial charge in [0.25, 0.3) is 0 Å². The molecular weight excluding hydrogens is 187 g/mol. The smallest absolute Gasteiger partial charge is 0.0402 e. The van der Waals surface area contributed by atoms with Crippen LogP contribution in [-0.4, -0.2) is 40.6 Å². The summed E-state index contributed by atoms with van der Waals surface area (Å²) in [5.74, 6) is 0. The van der Waals surface area contributed by atoms with Crippen LogP contribution in [0.4, 0.5) is 0 Å². The average Bonchev–Trinajstić information content (AvgIpc) is 1.70. The van der Waals surface area contributed by atoms with E-state index in [0.717, 1.165) is 0 Å². The molecule has 0 saturated heterocycles. The van der Waals surface area contributed by atoms with Crippen molar-refractivity contribution in [2.24, 2.45) is 0 Å². The van der Waals surface area contributed by atoms with Crippen LogP contribution in [0.25, 0.3) is 0 Å². The van der Waals surface area contributed by atoms with Gasteiger partial charge in [0, 0.05) is 38.4 Å². The fourth-order valence-electron chi connectivity index (χ4n) is 0. The Bertz CT molecular complexity index is 19.3. The van der Waals surface area contributed by atoms with Crippen molar-refractivity contribution in [1.29, 1.82) is 0 Å². The van der Waals surface area contributed by atoms with Gasteiger partial charge < -0.3 is 20.8 Å². The number of hydrogen-bond donors (Lipinski definition) is 3. The maximum Gasteiger partial charge on any atom is 0.0402 e. The first-order chi connectivity index (χ1) is 4.24. The molecule has 0 aromatic rings. The predicted molar refractivity (Wildman–Crippen MR) is 41.9 cm³/mol. The zero-order chi connectivity index (χ0) is 8.12. The minimum atomic E-state index is 0. The molecule has 0 aromatic carbocycles. The van der Waals surface area contributed by atoms with Crippen LogP contribution >= 0.6 is 0 Å². The molecule has 0 aliphatic carbocycles. The van der Waals surface area contributed by atoms with E-state index in [2.05, 4.69) is 0 Å². The number of aliphatic hydroxyl groups excluding tert-OH is 3. The molecule has 0 fully saturated rings. The van der Waals surface area contributed by atoms with Gasteiger partial charge in [0.2, 0.25) is 0 Å². The van der Waals surface area contributed by atoms with Crippen LogP contribution in [0.2, 0.25) is 0 Å². The molecule has 0 unspecified atom stereocenters. The van der Waals surface area contributed by atoms with Crippen molar-refractivity contribution in [2.45, 2.75) is 20.8 Å². The third kappa shape index (κ3) is 4110. The van der Waals surface area contributed by atoms with Gasteiger partial charge in [-0.2, -0.15) is 0 Å². The Morgan fingerprint density at radius 1 is 0.727 bits per heavy atom. The van der Waals surface area contributed by atoms with E-state index in [1.807, 2.05) is 0 Å². The Hall–Kier alpha value is 0.424. The van der Waals surface area contributed by atoms with Gasteiger partial charge in [-0.15, -0.1) is 0 Å². The van der Waals surface area contributed by atoms with Crippen molar-refractivity contribution >= 4 is 0 Å². The Balaban J connectivity index is -0.0000000150. The fourth-order valence-corrected chi connectivity index (χ4v) is 0. The molecule has 0 atom stereocenters. The van der Waals surface area contributed by atoms with Crippen LogP contribution in [0, 0.1) is 0 Å². The van der Waals surface area contributed by atoms with Gasteiger partial charge in [0.15, 0.2) is 0 Å². The number of hydrogen-bond acceptors (Lipinski definition) is 3. The molecular formula is C6H20O4V. The summed E-state index contributed by atoms with van der Waals surface area (Å²) in [7, 11) is 0. The van der Waals surface area contributed by atoms with E-state index >= 15 is 0 Å². The standard InChI is InChI=1S/3C2H6O.H2O.V/c3*1-2-3;;/h3*3H,2H2,1H3;1H2;. The quantitative estimate of drug-likeness (QED) is 0.484. The molecule has 0 bridgehead atoms. The van der Waals surface area contributed by atoms with Crippen LogP contribution in [-0.2, 0) is 18.6 Å². The second-order valence-electron chi connectivity index (χ2n) is 0.949. The minimum absolute atomic E-state index is 0. The molecule has 11 heavy (non-hydrogen) atoms. The summed E-state index contributed by atoms with van der Waals surface area (Å²) in [6.07, 6.45) is 0. The van der Waals surface area contributed by atoms with E-state index < -0.39 is 0 Å². The first kappa shape index (κ1) is 30.1. The summed E-state index contributed by atoms with van der Waals surface area (Å²) >= 11 is 0. The van der Waals surface area contributed by atoms with Gasteiger partial charge in [0.05, 0.1) is 0 Å².